The smallest absolute Gasteiger partial charge is 0.227 e. The molecule has 0 atom stereocenters. The zero-order valence-electron chi connectivity index (χ0n) is 11.3. The molecule has 0 aliphatic heterocycles. The predicted octanol–water partition coefficient (Wildman–Crippen LogP) is 2.90. The van der Waals surface area contributed by atoms with Crippen molar-refractivity contribution in [1.82, 2.24) is 4.98 Å². The molecule has 0 unspecified atom stereocenters. The third kappa shape index (κ3) is 3.21. The number of anilines is 1. The van der Waals surface area contributed by atoms with E-state index in [0.717, 1.165) is 11.3 Å². The van der Waals surface area contributed by atoms with Crippen LogP contribution in [0.1, 0.15) is 24.5 Å². The van der Waals surface area contributed by atoms with E-state index in [1.54, 1.807) is 35.5 Å². The highest BCUT2D eigenvalue weighted by molar-refractivity contribution is 5.93. The Morgan fingerprint density at radius 1 is 1.30 bits per heavy atom. The molecular formula is C16H15N3O. The van der Waals surface area contributed by atoms with Gasteiger partial charge in [-0.15, -0.1) is 0 Å². The number of benzene rings is 1. The molecule has 20 heavy (non-hydrogen) atoms. The van der Waals surface area contributed by atoms with Crippen molar-refractivity contribution in [3.05, 3.63) is 59.9 Å². The van der Waals surface area contributed by atoms with Crippen LogP contribution in [0.2, 0.25) is 0 Å². The third-order valence-electron chi connectivity index (χ3n) is 2.98. The van der Waals surface area contributed by atoms with Gasteiger partial charge in [0.1, 0.15) is 0 Å². The Morgan fingerprint density at radius 3 is 2.70 bits per heavy atom. The molecule has 1 aromatic heterocycles. The molecule has 1 amide bonds. The van der Waals surface area contributed by atoms with Crippen LogP contribution in [0.25, 0.3) is 0 Å². The van der Waals surface area contributed by atoms with Crippen LogP contribution in [0.15, 0.2) is 48.8 Å². The summed E-state index contributed by atoms with van der Waals surface area (Å²) in [6, 6.07) is 12.9. The van der Waals surface area contributed by atoms with E-state index >= 15 is 0 Å². The fraction of sp³-hybridized carbons (Fsp3) is 0.188. The van der Waals surface area contributed by atoms with Crippen molar-refractivity contribution in [1.29, 1.82) is 5.26 Å². The molecule has 100 valence electrons. The Labute approximate surface area is 118 Å². The maximum Gasteiger partial charge on any atom is 0.227 e. The number of nitrogens with zero attached hydrogens (tertiary/aromatic N) is 3. The van der Waals surface area contributed by atoms with Gasteiger partial charge in [0.25, 0.3) is 0 Å². The second-order valence-corrected chi connectivity index (χ2v) is 4.35. The van der Waals surface area contributed by atoms with Crippen LogP contribution in [-0.2, 0) is 11.3 Å². The molecule has 0 spiro atoms. The molecule has 0 aliphatic carbocycles. The second-order valence-electron chi connectivity index (χ2n) is 4.35. The summed E-state index contributed by atoms with van der Waals surface area (Å²) in [5.74, 6) is 0.0249. The first-order valence-corrected chi connectivity index (χ1v) is 6.44. The number of nitriles is 1. The molecular weight excluding hydrogens is 250 g/mol. The zero-order chi connectivity index (χ0) is 14.4. The summed E-state index contributed by atoms with van der Waals surface area (Å²) in [5.41, 5.74) is 2.29. The third-order valence-corrected chi connectivity index (χ3v) is 2.98. The van der Waals surface area contributed by atoms with E-state index in [1.807, 2.05) is 25.1 Å². The van der Waals surface area contributed by atoms with E-state index in [2.05, 4.69) is 11.1 Å². The van der Waals surface area contributed by atoms with Crippen LogP contribution in [0.5, 0.6) is 0 Å². The number of carbonyl (C=O) groups excluding carboxylic acids is 1. The summed E-state index contributed by atoms with van der Waals surface area (Å²) < 4.78 is 0. The molecule has 1 heterocycles. The predicted molar refractivity (Wildman–Crippen MR) is 76.9 cm³/mol. The average molecular weight is 265 g/mol. The number of hydrogen-bond acceptors (Lipinski definition) is 3. The minimum atomic E-state index is 0.0249. The number of hydrogen-bond donors (Lipinski definition) is 0. The molecule has 4 nitrogen and oxygen atoms in total. The van der Waals surface area contributed by atoms with Gasteiger partial charge in [-0.3, -0.25) is 9.78 Å². The molecule has 0 fully saturated rings. The molecule has 0 saturated carbocycles. The summed E-state index contributed by atoms with van der Waals surface area (Å²) in [6.07, 6.45) is 3.83. The number of rotatable bonds is 4. The molecule has 2 rings (SSSR count). The Hall–Kier alpha value is -2.67. The normalized spacial score (nSPS) is 9.80. The molecule has 0 N–H and O–H groups in total. The zero-order valence-corrected chi connectivity index (χ0v) is 11.3. The van der Waals surface area contributed by atoms with Crippen molar-refractivity contribution in [2.45, 2.75) is 19.9 Å². The average Bonchev–Trinajstić information content (AvgIpc) is 2.53. The molecule has 0 saturated heterocycles. The first-order chi connectivity index (χ1) is 9.74. The van der Waals surface area contributed by atoms with Crippen LogP contribution in [-0.4, -0.2) is 10.9 Å². The largest absolute Gasteiger partial charge is 0.308 e. The Balaban J connectivity index is 2.32. The Morgan fingerprint density at radius 2 is 2.05 bits per heavy atom. The molecule has 4 heteroatoms. The lowest BCUT2D eigenvalue weighted by molar-refractivity contribution is -0.118. The van der Waals surface area contributed by atoms with Gasteiger partial charge in [-0.25, -0.2) is 0 Å². The molecule has 1 aromatic carbocycles. The Kier molecular flexibility index (Phi) is 4.46. The highest BCUT2D eigenvalue weighted by atomic mass is 16.2. The molecule has 2 aromatic rings. The summed E-state index contributed by atoms with van der Waals surface area (Å²) in [4.78, 5) is 17.8. The van der Waals surface area contributed by atoms with Crippen molar-refractivity contribution < 1.29 is 4.79 Å². The van der Waals surface area contributed by atoms with Crippen molar-refractivity contribution in [3.8, 4) is 6.07 Å². The molecule has 0 radical (unpaired) electrons. The quantitative estimate of drug-likeness (QED) is 0.854. The van der Waals surface area contributed by atoms with Crippen molar-refractivity contribution >= 4 is 11.6 Å². The van der Waals surface area contributed by atoms with Crippen LogP contribution in [0, 0.1) is 11.3 Å². The molecule has 0 aliphatic rings. The van der Waals surface area contributed by atoms with E-state index < -0.39 is 0 Å². The van der Waals surface area contributed by atoms with Gasteiger partial charge in [-0.1, -0.05) is 13.0 Å². The van der Waals surface area contributed by atoms with Gasteiger partial charge in [-0.05, 0) is 35.9 Å². The fourth-order valence-electron chi connectivity index (χ4n) is 1.93. The lowest BCUT2D eigenvalue weighted by Gasteiger charge is -2.22. The second kappa shape index (κ2) is 6.48. The minimum Gasteiger partial charge on any atom is -0.308 e. The van der Waals surface area contributed by atoms with E-state index in [9.17, 15) is 4.79 Å². The SMILES string of the molecule is CCC(=O)N(Cc1ccncc1)c1cccc(C#N)c1. The van der Waals surface area contributed by atoms with Gasteiger partial charge < -0.3 is 4.90 Å². The van der Waals surface area contributed by atoms with E-state index in [4.69, 9.17) is 5.26 Å². The van der Waals surface area contributed by atoms with Crippen LogP contribution in [0.3, 0.4) is 0 Å². The number of aromatic nitrogens is 1. The van der Waals surface area contributed by atoms with Crippen molar-refractivity contribution in [3.63, 3.8) is 0 Å². The van der Waals surface area contributed by atoms with E-state index in [-0.39, 0.29) is 5.91 Å². The molecule has 0 bridgehead atoms. The number of amides is 1. The van der Waals surface area contributed by atoms with Crippen molar-refractivity contribution in [2.24, 2.45) is 0 Å². The monoisotopic (exact) mass is 265 g/mol. The van der Waals surface area contributed by atoms with E-state index in [1.165, 1.54) is 0 Å². The first-order valence-electron chi connectivity index (χ1n) is 6.44. The van der Waals surface area contributed by atoms with Crippen LogP contribution in [0.4, 0.5) is 5.69 Å². The van der Waals surface area contributed by atoms with E-state index in [0.29, 0.717) is 18.5 Å². The maximum atomic E-state index is 12.1. The number of pyridine rings is 1. The Bertz CT molecular complexity index is 632. The van der Waals surface area contributed by atoms with Gasteiger partial charge in [0.2, 0.25) is 5.91 Å². The van der Waals surface area contributed by atoms with Gasteiger partial charge in [0, 0.05) is 24.5 Å². The van der Waals surface area contributed by atoms with Crippen LogP contribution < -0.4 is 4.90 Å². The van der Waals surface area contributed by atoms with Gasteiger partial charge in [0.05, 0.1) is 18.2 Å². The maximum absolute atomic E-state index is 12.1. The standard InChI is InChI=1S/C16H15N3O/c1-2-16(20)19(12-13-6-8-18-9-7-13)15-5-3-4-14(10-15)11-17/h3-10H,2,12H2,1H3. The lowest BCUT2D eigenvalue weighted by atomic mass is 10.1. The summed E-state index contributed by atoms with van der Waals surface area (Å²) in [5, 5.41) is 8.97. The summed E-state index contributed by atoms with van der Waals surface area (Å²) in [6.45, 7) is 2.31. The first kappa shape index (κ1) is 13.8. The minimum absolute atomic E-state index is 0.0249. The summed E-state index contributed by atoms with van der Waals surface area (Å²) >= 11 is 0. The highest BCUT2D eigenvalue weighted by Gasteiger charge is 2.14. The van der Waals surface area contributed by atoms with Gasteiger partial charge in [-0.2, -0.15) is 5.26 Å². The van der Waals surface area contributed by atoms with Gasteiger partial charge in [0.15, 0.2) is 0 Å². The van der Waals surface area contributed by atoms with Crippen molar-refractivity contribution in [2.75, 3.05) is 4.90 Å². The topological polar surface area (TPSA) is 57.0 Å². The van der Waals surface area contributed by atoms with Crippen LogP contribution >= 0.6 is 0 Å². The highest BCUT2D eigenvalue weighted by Crippen LogP contribution is 2.19. The van der Waals surface area contributed by atoms with Gasteiger partial charge >= 0.3 is 0 Å². The summed E-state index contributed by atoms with van der Waals surface area (Å²) in [7, 11) is 0. The fourth-order valence-corrected chi connectivity index (χ4v) is 1.93. The number of carbonyl (C=O) groups is 1. The lowest BCUT2D eigenvalue weighted by Crippen LogP contribution is -2.29.